The topological polar surface area (TPSA) is 39.8 Å². The zero-order valence-electron chi connectivity index (χ0n) is 15.5. The van der Waals surface area contributed by atoms with Crippen LogP contribution in [0.25, 0.3) is 32.8 Å². The van der Waals surface area contributed by atoms with Gasteiger partial charge in [0.1, 0.15) is 0 Å². The maximum absolute atomic E-state index is 12.8. The van der Waals surface area contributed by atoms with Crippen molar-refractivity contribution in [3.8, 4) is 11.1 Å². The molecule has 0 unspecified atom stereocenters. The minimum Gasteiger partial charge on any atom is -0.356 e. The monoisotopic (exact) mass is 365 g/mol. The lowest BCUT2D eigenvalue weighted by atomic mass is 10.0. The first-order valence-corrected chi connectivity index (χ1v) is 9.27. The summed E-state index contributed by atoms with van der Waals surface area (Å²) in [6, 6.07) is 22.3. The Kier molecular flexibility index (Phi) is 3.83. The zero-order chi connectivity index (χ0) is 19.1. The van der Waals surface area contributed by atoms with E-state index in [-0.39, 0.29) is 5.56 Å². The number of rotatable bonds is 3. The maximum atomic E-state index is 12.8. The third-order valence-corrected chi connectivity index (χ3v) is 5.12. The van der Waals surface area contributed by atoms with Crippen molar-refractivity contribution in [1.29, 1.82) is 0 Å². The molecule has 5 rings (SSSR count). The smallest absolute Gasteiger partial charge is 0.261 e. The third-order valence-electron chi connectivity index (χ3n) is 5.12. The Hall–Kier alpha value is -3.66. The highest BCUT2D eigenvalue weighted by Crippen LogP contribution is 2.25. The summed E-state index contributed by atoms with van der Waals surface area (Å²) < 4.78 is 3.74. The summed E-state index contributed by atoms with van der Waals surface area (Å²) in [5.74, 6) is 0. The second kappa shape index (κ2) is 6.50. The summed E-state index contributed by atoms with van der Waals surface area (Å²) in [5.41, 5.74) is 4.11. The largest absolute Gasteiger partial charge is 0.356 e. The van der Waals surface area contributed by atoms with Crippen LogP contribution >= 0.6 is 0 Å². The van der Waals surface area contributed by atoms with Crippen LogP contribution < -0.4 is 5.56 Å². The van der Waals surface area contributed by atoms with Gasteiger partial charge in [-0.1, -0.05) is 42.5 Å². The highest BCUT2D eigenvalue weighted by atomic mass is 16.1. The van der Waals surface area contributed by atoms with Crippen LogP contribution in [0.4, 0.5) is 0 Å². The van der Waals surface area contributed by atoms with Gasteiger partial charge in [-0.25, -0.2) is 4.98 Å². The minimum absolute atomic E-state index is 0.0123. The van der Waals surface area contributed by atoms with Gasteiger partial charge in [-0.05, 0) is 51.7 Å². The van der Waals surface area contributed by atoms with Gasteiger partial charge < -0.3 is 4.57 Å². The summed E-state index contributed by atoms with van der Waals surface area (Å²) in [7, 11) is 2.04. The van der Waals surface area contributed by atoms with Crippen molar-refractivity contribution >= 4 is 21.7 Å². The molecule has 0 amide bonds. The Labute approximate surface area is 162 Å². The van der Waals surface area contributed by atoms with Crippen LogP contribution in [0.5, 0.6) is 0 Å². The van der Waals surface area contributed by atoms with Crippen molar-refractivity contribution in [1.82, 2.24) is 14.1 Å². The lowest BCUT2D eigenvalue weighted by Gasteiger charge is -2.09. The van der Waals surface area contributed by atoms with E-state index in [0.717, 1.165) is 16.6 Å². The molecule has 0 radical (unpaired) electrons. The molecule has 2 heterocycles. The van der Waals surface area contributed by atoms with Crippen LogP contribution in [0.1, 0.15) is 5.56 Å². The van der Waals surface area contributed by atoms with Crippen LogP contribution in [0.3, 0.4) is 0 Å². The van der Waals surface area contributed by atoms with Gasteiger partial charge in [0, 0.05) is 19.4 Å². The SMILES string of the molecule is Cn1cc2ccc(-c3cccc(Cn4cnc5ccccc5c4=O)c3)cc2c1. The van der Waals surface area contributed by atoms with Crippen LogP contribution in [0, 0.1) is 0 Å². The van der Waals surface area contributed by atoms with Gasteiger partial charge in [0.2, 0.25) is 0 Å². The normalized spacial score (nSPS) is 11.3. The van der Waals surface area contributed by atoms with Crippen LogP contribution in [-0.2, 0) is 13.6 Å². The summed E-state index contributed by atoms with van der Waals surface area (Å²) >= 11 is 0. The lowest BCUT2D eigenvalue weighted by molar-refractivity contribution is 0.748. The van der Waals surface area contributed by atoms with E-state index < -0.39 is 0 Å². The Morgan fingerprint density at radius 3 is 2.61 bits per heavy atom. The highest BCUT2D eigenvalue weighted by molar-refractivity contribution is 5.87. The number of para-hydroxylation sites is 1. The number of hydrogen-bond acceptors (Lipinski definition) is 2. The van der Waals surface area contributed by atoms with Gasteiger partial charge in [-0.3, -0.25) is 9.36 Å². The molecule has 0 aliphatic carbocycles. The van der Waals surface area contributed by atoms with E-state index in [1.807, 2.05) is 43.4 Å². The molecule has 2 aromatic heterocycles. The molecule has 4 heteroatoms. The molecule has 0 bridgehead atoms. The van der Waals surface area contributed by atoms with Crippen LogP contribution in [0.2, 0.25) is 0 Å². The van der Waals surface area contributed by atoms with Crippen molar-refractivity contribution in [3.05, 3.63) is 101 Å². The quantitative estimate of drug-likeness (QED) is 0.469. The molecule has 0 aliphatic rings. The highest BCUT2D eigenvalue weighted by Gasteiger charge is 2.06. The van der Waals surface area contributed by atoms with Crippen molar-refractivity contribution in [2.45, 2.75) is 6.54 Å². The molecule has 0 saturated carbocycles. The minimum atomic E-state index is -0.0123. The first-order valence-electron chi connectivity index (χ1n) is 9.27. The van der Waals surface area contributed by atoms with Gasteiger partial charge in [0.05, 0.1) is 23.8 Å². The third kappa shape index (κ3) is 2.89. The van der Waals surface area contributed by atoms with Crippen molar-refractivity contribution in [2.24, 2.45) is 7.05 Å². The van der Waals surface area contributed by atoms with Gasteiger partial charge in [0.25, 0.3) is 5.56 Å². The zero-order valence-corrected chi connectivity index (χ0v) is 15.5. The van der Waals surface area contributed by atoms with Crippen molar-refractivity contribution in [3.63, 3.8) is 0 Å². The predicted octanol–water partition coefficient (Wildman–Crippen LogP) is 4.60. The number of benzene rings is 3. The summed E-state index contributed by atoms with van der Waals surface area (Å²) in [6.07, 6.45) is 5.88. The molecule has 4 nitrogen and oxygen atoms in total. The summed E-state index contributed by atoms with van der Waals surface area (Å²) in [6.45, 7) is 0.498. The molecule has 3 aromatic carbocycles. The molecular formula is C24H19N3O. The molecule has 0 saturated heterocycles. The molecule has 0 N–H and O–H groups in total. The number of aromatic nitrogens is 3. The Morgan fingerprint density at radius 1 is 0.857 bits per heavy atom. The Bertz CT molecular complexity index is 1380. The summed E-state index contributed by atoms with van der Waals surface area (Å²) in [4.78, 5) is 17.2. The first kappa shape index (κ1) is 16.5. The van der Waals surface area contributed by atoms with E-state index in [2.05, 4.69) is 52.3 Å². The fourth-order valence-corrected chi connectivity index (χ4v) is 3.72. The van der Waals surface area contributed by atoms with E-state index in [1.165, 1.54) is 16.3 Å². The predicted molar refractivity (Wildman–Crippen MR) is 113 cm³/mol. The number of hydrogen-bond donors (Lipinski definition) is 0. The molecule has 0 atom stereocenters. The van der Waals surface area contributed by atoms with Crippen molar-refractivity contribution < 1.29 is 0 Å². The lowest BCUT2D eigenvalue weighted by Crippen LogP contribution is -2.21. The number of fused-ring (bicyclic) bond motifs is 2. The fraction of sp³-hybridized carbons (Fsp3) is 0.0833. The molecule has 28 heavy (non-hydrogen) atoms. The van der Waals surface area contributed by atoms with E-state index in [1.54, 1.807) is 10.9 Å². The van der Waals surface area contributed by atoms with Crippen molar-refractivity contribution in [2.75, 3.05) is 0 Å². The van der Waals surface area contributed by atoms with E-state index in [4.69, 9.17) is 0 Å². The van der Waals surface area contributed by atoms with Crippen LogP contribution in [-0.4, -0.2) is 14.1 Å². The molecule has 5 aromatic rings. The summed E-state index contributed by atoms with van der Waals surface area (Å²) in [5, 5.41) is 3.10. The molecule has 0 fully saturated rings. The van der Waals surface area contributed by atoms with E-state index >= 15 is 0 Å². The number of aryl methyl sites for hydroxylation is 1. The molecule has 0 aliphatic heterocycles. The standard InChI is InChI=1S/C24H19N3O/c1-26-14-20-10-9-19(12-21(20)15-26)18-6-4-5-17(11-18)13-27-16-25-23-8-3-2-7-22(23)24(27)28/h2-12,14-16H,13H2,1H3. The van der Waals surface area contributed by atoms with Gasteiger partial charge in [0.15, 0.2) is 0 Å². The fourth-order valence-electron chi connectivity index (χ4n) is 3.72. The average molecular weight is 365 g/mol. The molecule has 0 spiro atoms. The first-order chi connectivity index (χ1) is 13.7. The number of nitrogens with zero attached hydrogens (tertiary/aromatic N) is 3. The van der Waals surface area contributed by atoms with Gasteiger partial charge in [-0.15, -0.1) is 0 Å². The molecule has 136 valence electrons. The van der Waals surface area contributed by atoms with Crippen LogP contribution in [0.15, 0.2) is 90.2 Å². The van der Waals surface area contributed by atoms with Gasteiger partial charge in [-0.2, -0.15) is 0 Å². The maximum Gasteiger partial charge on any atom is 0.261 e. The molecular weight excluding hydrogens is 346 g/mol. The Balaban J connectivity index is 1.52. The average Bonchev–Trinajstić information content (AvgIpc) is 3.10. The van der Waals surface area contributed by atoms with Gasteiger partial charge >= 0.3 is 0 Å². The second-order valence-corrected chi connectivity index (χ2v) is 7.16. The Morgan fingerprint density at radius 2 is 1.68 bits per heavy atom. The van der Waals surface area contributed by atoms with E-state index in [9.17, 15) is 4.79 Å². The second-order valence-electron chi connectivity index (χ2n) is 7.16. The van der Waals surface area contributed by atoms with E-state index in [0.29, 0.717) is 11.9 Å².